The Hall–Kier alpha value is -2.47. The second-order valence-corrected chi connectivity index (χ2v) is 4.37. The Morgan fingerprint density at radius 3 is 2.75 bits per heavy atom. The lowest BCUT2D eigenvalue weighted by Crippen LogP contribution is -2.30. The van der Waals surface area contributed by atoms with Crippen molar-refractivity contribution in [1.82, 2.24) is 15.4 Å². The topological polar surface area (TPSA) is 85.4 Å². The van der Waals surface area contributed by atoms with Crippen LogP contribution in [-0.4, -0.2) is 23.0 Å². The fourth-order valence-electron chi connectivity index (χ4n) is 1.87. The summed E-state index contributed by atoms with van der Waals surface area (Å²) < 4.78 is 0. The maximum atomic E-state index is 5.63. The molecule has 0 bridgehead atoms. The Morgan fingerprint density at radius 2 is 2.05 bits per heavy atom. The number of hydrogen-bond acceptors (Lipinski definition) is 4. The molecule has 0 radical (unpaired) electrons. The number of hydrogen-bond donors (Lipinski definition) is 2. The van der Waals surface area contributed by atoms with Crippen LogP contribution < -0.4 is 11.2 Å². The lowest BCUT2D eigenvalue weighted by atomic mass is 10.1. The number of nitrogens with zero attached hydrogens (tertiary/aromatic N) is 3. The number of aliphatic imine (C=N–C) groups is 1. The maximum absolute atomic E-state index is 5.63. The largest absolute Gasteiger partial charge is 0.368 e. The lowest BCUT2D eigenvalue weighted by Gasteiger charge is -2.05. The number of pyridine rings is 2. The molecule has 6 nitrogen and oxygen atoms in total. The van der Waals surface area contributed by atoms with Gasteiger partial charge in [0.2, 0.25) is 5.96 Å². The molecule has 2 aromatic rings. The average Bonchev–Trinajstić information content (AvgIpc) is 2.38. The molecular formula is C14H17N5O. The van der Waals surface area contributed by atoms with Crippen LogP contribution in [-0.2, 0) is 4.84 Å². The summed E-state index contributed by atoms with van der Waals surface area (Å²) in [5.41, 5.74) is 12.4. The molecule has 3 N–H and O–H groups in total. The lowest BCUT2D eigenvalue weighted by molar-refractivity contribution is 0.143. The Labute approximate surface area is 117 Å². The van der Waals surface area contributed by atoms with Gasteiger partial charge in [0, 0.05) is 11.9 Å². The SMILES string of the molecule is CONC(N)=Nc1ccnc(-c2cc(C)cc(C)n2)c1. The van der Waals surface area contributed by atoms with E-state index in [9.17, 15) is 0 Å². The average molecular weight is 271 g/mol. The van der Waals surface area contributed by atoms with E-state index in [0.29, 0.717) is 5.69 Å². The first-order chi connectivity index (χ1) is 9.58. The van der Waals surface area contributed by atoms with Gasteiger partial charge in [-0.2, -0.15) is 0 Å². The molecule has 104 valence electrons. The maximum Gasteiger partial charge on any atom is 0.218 e. The van der Waals surface area contributed by atoms with Crippen molar-refractivity contribution >= 4 is 11.6 Å². The summed E-state index contributed by atoms with van der Waals surface area (Å²) in [6.07, 6.45) is 1.67. The van der Waals surface area contributed by atoms with E-state index in [1.807, 2.05) is 32.0 Å². The first kappa shape index (κ1) is 14.0. The zero-order valence-electron chi connectivity index (χ0n) is 11.7. The van der Waals surface area contributed by atoms with Crippen LogP contribution in [0.1, 0.15) is 11.3 Å². The first-order valence-corrected chi connectivity index (χ1v) is 6.13. The van der Waals surface area contributed by atoms with Gasteiger partial charge in [-0.1, -0.05) is 0 Å². The Kier molecular flexibility index (Phi) is 4.27. The molecule has 0 spiro atoms. The molecule has 0 atom stereocenters. The Morgan fingerprint density at radius 1 is 1.25 bits per heavy atom. The van der Waals surface area contributed by atoms with Gasteiger partial charge >= 0.3 is 0 Å². The quantitative estimate of drug-likeness (QED) is 0.505. The minimum absolute atomic E-state index is 0.179. The summed E-state index contributed by atoms with van der Waals surface area (Å²) in [5, 5.41) is 0. The standard InChI is InChI=1S/C14H17N5O/c1-9-6-10(2)17-13(7-9)12-8-11(4-5-16-12)18-14(15)19-20-3/h4-8H,1-3H3,(H3,15,16,18,19). The van der Waals surface area contributed by atoms with Crippen LogP contribution in [0.4, 0.5) is 5.69 Å². The van der Waals surface area contributed by atoms with Crippen molar-refractivity contribution in [2.45, 2.75) is 13.8 Å². The van der Waals surface area contributed by atoms with Gasteiger partial charge in [0.1, 0.15) is 0 Å². The summed E-state index contributed by atoms with van der Waals surface area (Å²) in [7, 11) is 1.47. The third-order valence-corrected chi connectivity index (χ3v) is 2.56. The third kappa shape index (κ3) is 3.52. The molecule has 0 aliphatic heterocycles. The van der Waals surface area contributed by atoms with Crippen molar-refractivity contribution in [3.8, 4) is 11.4 Å². The molecule has 0 fully saturated rings. The van der Waals surface area contributed by atoms with Gasteiger partial charge in [-0.15, -0.1) is 0 Å². The van der Waals surface area contributed by atoms with Gasteiger partial charge in [-0.25, -0.2) is 10.5 Å². The van der Waals surface area contributed by atoms with Crippen molar-refractivity contribution in [3.63, 3.8) is 0 Å². The number of guanidine groups is 1. The minimum Gasteiger partial charge on any atom is -0.368 e. The van der Waals surface area contributed by atoms with Gasteiger partial charge in [0.25, 0.3) is 0 Å². The molecule has 0 amide bonds. The monoisotopic (exact) mass is 271 g/mol. The molecule has 2 aromatic heterocycles. The van der Waals surface area contributed by atoms with E-state index in [1.54, 1.807) is 12.3 Å². The number of rotatable bonds is 3. The van der Waals surface area contributed by atoms with Crippen molar-refractivity contribution in [1.29, 1.82) is 0 Å². The van der Waals surface area contributed by atoms with Crippen LogP contribution in [0.25, 0.3) is 11.4 Å². The van der Waals surface area contributed by atoms with E-state index in [2.05, 4.69) is 25.3 Å². The molecule has 0 aromatic carbocycles. The number of aromatic nitrogens is 2. The summed E-state index contributed by atoms with van der Waals surface area (Å²) in [4.78, 5) is 17.7. The van der Waals surface area contributed by atoms with E-state index in [-0.39, 0.29) is 5.96 Å². The molecule has 20 heavy (non-hydrogen) atoms. The van der Waals surface area contributed by atoms with Gasteiger partial charge in [0.05, 0.1) is 24.2 Å². The van der Waals surface area contributed by atoms with Crippen molar-refractivity contribution in [2.75, 3.05) is 7.11 Å². The second kappa shape index (κ2) is 6.12. The van der Waals surface area contributed by atoms with Crippen LogP contribution >= 0.6 is 0 Å². The van der Waals surface area contributed by atoms with Crippen LogP contribution in [0.15, 0.2) is 35.5 Å². The summed E-state index contributed by atoms with van der Waals surface area (Å²) in [5.74, 6) is 0.179. The van der Waals surface area contributed by atoms with Gasteiger partial charge < -0.3 is 5.73 Å². The Bertz CT molecular complexity index is 619. The highest BCUT2D eigenvalue weighted by molar-refractivity contribution is 5.80. The molecule has 0 saturated carbocycles. The van der Waals surface area contributed by atoms with Gasteiger partial charge in [-0.3, -0.25) is 14.8 Å². The molecule has 2 rings (SSSR count). The number of hydroxylamine groups is 1. The first-order valence-electron chi connectivity index (χ1n) is 6.13. The highest BCUT2D eigenvalue weighted by atomic mass is 16.6. The van der Waals surface area contributed by atoms with Crippen LogP contribution in [0.3, 0.4) is 0 Å². The molecular weight excluding hydrogens is 254 g/mol. The third-order valence-electron chi connectivity index (χ3n) is 2.56. The van der Waals surface area contributed by atoms with Crippen molar-refractivity contribution in [2.24, 2.45) is 10.7 Å². The van der Waals surface area contributed by atoms with Crippen molar-refractivity contribution < 1.29 is 4.84 Å². The molecule has 0 aliphatic carbocycles. The zero-order valence-corrected chi connectivity index (χ0v) is 11.7. The van der Waals surface area contributed by atoms with E-state index in [4.69, 9.17) is 5.73 Å². The predicted molar refractivity (Wildman–Crippen MR) is 78.4 cm³/mol. The fraction of sp³-hybridized carbons (Fsp3) is 0.214. The molecule has 0 saturated heterocycles. The van der Waals surface area contributed by atoms with E-state index in [0.717, 1.165) is 22.6 Å². The number of aryl methyl sites for hydroxylation is 2. The molecule has 0 aliphatic rings. The zero-order chi connectivity index (χ0) is 14.5. The van der Waals surface area contributed by atoms with Gasteiger partial charge in [-0.05, 0) is 43.7 Å². The predicted octanol–water partition coefficient (Wildman–Crippen LogP) is 1.86. The highest BCUT2D eigenvalue weighted by Gasteiger charge is 2.04. The minimum atomic E-state index is 0.179. The fourth-order valence-corrected chi connectivity index (χ4v) is 1.87. The van der Waals surface area contributed by atoms with Crippen LogP contribution in [0.2, 0.25) is 0 Å². The van der Waals surface area contributed by atoms with Gasteiger partial charge in [0.15, 0.2) is 0 Å². The van der Waals surface area contributed by atoms with Crippen LogP contribution in [0.5, 0.6) is 0 Å². The van der Waals surface area contributed by atoms with Crippen molar-refractivity contribution in [3.05, 3.63) is 41.7 Å². The number of nitrogens with one attached hydrogen (secondary N) is 1. The van der Waals surface area contributed by atoms with E-state index < -0.39 is 0 Å². The summed E-state index contributed by atoms with van der Waals surface area (Å²) in [6.45, 7) is 3.99. The highest BCUT2D eigenvalue weighted by Crippen LogP contribution is 2.21. The molecule has 0 unspecified atom stereocenters. The molecule has 6 heteroatoms. The molecule has 2 heterocycles. The smallest absolute Gasteiger partial charge is 0.218 e. The van der Waals surface area contributed by atoms with E-state index in [1.165, 1.54) is 7.11 Å². The summed E-state index contributed by atoms with van der Waals surface area (Å²) >= 11 is 0. The normalized spacial score (nSPS) is 11.4. The second-order valence-electron chi connectivity index (χ2n) is 4.37. The van der Waals surface area contributed by atoms with Crippen LogP contribution in [0, 0.1) is 13.8 Å². The van der Waals surface area contributed by atoms with E-state index >= 15 is 0 Å². The number of nitrogens with two attached hydrogens (primary N) is 1. The summed E-state index contributed by atoms with van der Waals surface area (Å²) in [6, 6.07) is 7.59. The Balaban J connectivity index is 2.36.